The Morgan fingerprint density at radius 2 is 1.59 bits per heavy atom. The van der Waals surface area contributed by atoms with Crippen LogP contribution in [0.5, 0.6) is 11.5 Å². The number of aryl methyl sites for hydroxylation is 1. The Hall–Kier alpha value is -3.54. The Morgan fingerprint density at radius 3 is 2.30 bits per heavy atom. The third-order valence-electron chi connectivity index (χ3n) is 3.99. The average molecular weight is 363 g/mol. The summed E-state index contributed by atoms with van der Waals surface area (Å²) in [5, 5.41) is 6.05. The van der Waals surface area contributed by atoms with Crippen LogP contribution in [0.3, 0.4) is 0 Å². The van der Waals surface area contributed by atoms with Crippen molar-refractivity contribution in [1.29, 1.82) is 0 Å². The van der Waals surface area contributed by atoms with Crippen molar-refractivity contribution in [2.24, 2.45) is 0 Å². The van der Waals surface area contributed by atoms with Crippen LogP contribution in [0.2, 0.25) is 0 Å². The Morgan fingerprint density at radius 1 is 0.889 bits per heavy atom. The number of hydrogen-bond donors (Lipinski definition) is 2. The minimum Gasteiger partial charge on any atom is -0.493 e. The molecule has 138 valence electrons. The number of hydrogen-bond acceptors (Lipinski definition) is 5. The number of amides is 1. The zero-order valence-electron chi connectivity index (χ0n) is 15.4. The van der Waals surface area contributed by atoms with Crippen LogP contribution in [0, 0.1) is 6.92 Å². The van der Waals surface area contributed by atoms with Crippen molar-refractivity contribution in [1.82, 2.24) is 4.98 Å². The summed E-state index contributed by atoms with van der Waals surface area (Å²) in [5.41, 5.74) is 3.19. The van der Waals surface area contributed by atoms with Gasteiger partial charge in [0.2, 0.25) is 0 Å². The highest BCUT2D eigenvalue weighted by molar-refractivity contribution is 6.04. The van der Waals surface area contributed by atoms with Crippen LogP contribution in [0.4, 0.5) is 17.2 Å². The normalized spacial score (nSPS) is 10.2. The van der Waals surface area contributed by atoms with Crippen LogP contribution >= 0.6 is 0 Å². The zero-order chi connectivity index (χ0) is 19.2. The minimum atomic E-state index is -0.239. The first-order valence-corrected chi connectivity index (χ1v) is 8.42. The van der Waals surface area contributed by atoms with E-state index in [9.17, 15) is 4.79 Å². The SMILES string of the molecule is COc1ccc(NC(=O)c2ccnc(Nc3ccc(C)cc3)c2)cc1OC. The lowest BCUT2D eigenvalue weighted by atomic mass is 10.2. The van der Waals surface area contributed by atoms with Gasteiger partial charge < -0.3 is 20.1 Å². The van der Waals surface area contributed by atoms with Gasteiger partial charge in [0, 0.05) is 29.2 Å². The van der Waals surface area contributed by atoms with E-state index in [0.29, 0.717) is 28.6 Å². The summed E-state index contributed by atoms with van der Waals surface area (Å²) in [6, 6.07) is 16.5. The van der Waals surface area contributed by atoms with E-state index in [1.807, 2.05) is 31.2 Å². The molecule has 0 atom stereocenters. The highest BCUT2D eigenvalue weighted by Crippen LogP contribution is 2.30. The lowest BCUT2D eigenvalue weighted by molar-refractivity contribution is 0.102. The van der Waals surface area contributed by atoms with Gasteiger partial charge in [-0.05, 0) is 43.3 Å². The van der Waals surface area contributed by atoms with Crippen molar-refractivity contribution >= 4 is 23.1 Å². The molecule has 2 N–H and O–H groups in total. The van der Waals surface area contributed by atoms with Gasteiger partial charge in [0.1, 0.15) is 5.82 Å². The molecule has 0 aliphatic carbocycles. The maximum Gasteiger partial charge on any atom is 0.255 e. The number of pyridine rings is 1. The van der Waals surface area contributed by atoms with Gasteiger partial charge in [-0.2, -0.15) is 0 Å². The highest BCUT2D eigenvalue weighted by atomic mass is 16.5. The first-order valence-electron chi connectivity index (χ1n) is 8.42. The van der Waals surface area contributed by atoms with Crippen molar-refractivity contribution in [3.05, 3.63) is 71.9 Å². The Kier molecular flexibility index (Phi) is 5.56. The molecule has 0 radical (unpaired) electrons. The molecule has 6 nitrogen and oxygen atoms in total. The summed E-state index contributed by atoms with van der Waals surface area (Å²) in [6.07, 6.45) is 1.60. The molecule has 0 unspecified atom stereocenters. The van der Waals surface area contributed by atoms with Gasteiger partial charge in [-0.25, -0.2) is 4.98 Å². The molecule has 1 aromatic heterocycles. The molecule has 0 spiro atoms. The molecule has 1 amide bonds. The Balaban J connectivity index is 1.74. The first-order chi connectivity index (χ1) is 13.1. The first kappa shape index (κ1) is 18.3. The Labute approximate surface area is 158 Å². The van der Waals surface area contributed by atoms with Crippen molar-refractivity contribution in [3.8, 4) is 11.5 Å². The van der Waals surface area contributed by atoms with E-state index < -0.39 is 0 Å². The molecule has 0 aliphatic rings. The van der Waals surface area contributed by atoms with Crippen molar-refractivity contribution < 1.29 is 14.3 Å². The van der Waals surface area contributed by atoms with Gasteiger partial charge in [0.15, 0.2) is 11.5 Å². The molecule has 1 heterocycles. The minimum absolute atomic E-state index is 0.239. The predicted molar refractivity (Wildman–Crippen MR) is 106 cm³/mol. The van der Waals surface area contributed by atoms with Crippen molar-refractivity contribution in [3.63, 3.8) is 0 Å². The average Bonchev–Trinajstić information content (AvgIpc) is 2.70. The predicted octanol–water partition coefficient (Wildman–Crippen LogP) is 4.40. The fourth-order valence-electron chi connectivity index (χ4n) is 2.54. The lowest BCUT2D eigenvalue weighted by Crippen LogP contribution is -2.12. The molecule has 0 bridgehead atoms. The largest absolute Gasteiger partial charge is 0.493 e. The molecule has 0 saturated heterocycles. The molecule has 0 fully saturated rings. The second kappa shape index (κ2) is 8.23. The molecule has 3 rings (SSSR count). The van der Waals surface area contributed by atoms with Crippen LogP contribution in [-0.2, 0) is 0 Å². The van der Waals surface area contributed by atoms with Gasteiger partial charge in [0.25, 0.3) is 5.91 Å². The van der Waals surface area contributed by atoms with E-state index in [-0.39, 0.29) is 5.91 Å². The molecule has 27 heavy (non-hydrogen) atoms. The third-order valence-corrected chi connectivity index (χ3v) is 3.99. The van der Waals surface area contributed by atoms with E-state index in [1.165, 1.54) is 5.56 Å². The quantitative estimate of drug-likeness (QED) is 0.679. The molecular weight excluding hydrogens is 342 g/mol. The summed E-state index contributed by atoms with van der Waals surface area (Å²) < 4.78 is 10.5. The second-order valence-electron chi connectivity index (χ2n) is 5.94. The number of carbonyl (C=O) groups excluding carboxylic acids is 1. The fraction of sp³-hybridized carbons (Fsp3) is 0.143. The number of rotatable bonds is 6. The summed E-state index contributed by atoms with van der Waals surface area (Å²) in [5.74, 6) is 1.51. The fourth-order valence-corrected chi connectivity index (χ4v) is 2.54. The molecule has 2 aromatic carbocycles. The topological polar surface area (TPSA) is 72.5 Å². The van der Waals surface area contributed by atoms with Crippen molar-refractivity contribution in [2.75, 3.05) is 24.9 Å². The number of anilines is 3. The van der Waals surface area contributed by atoms with E-state index >= 15 is 0 Å². The number of benzene rings is 2. The summed E-state index contributed by atoms with van der Waals surface area (Å²) in [6.45, 7) is 2.03. The number of ether oxygens (including phenoxy) is 2. The van der Waals surface area contributed by atoms with Gasteiger partial charge in [-0.1, -0.05) is 17.7 Å². The number of nitrogens with zero attached hydrogens (tertiary/aromatic N) is 1. The molecule has 3 aromatic rings. The van der Waals surface area contributed by atoms with Gasteiger partial charge in [-0.3, -0.25) is 4.79 Å². The van der Waals surface area contributed by atoms with Crippen LogP contribution in [-0.4, -0.2) is 25.1 Å². The van der Waals surface area contributed by atoms with E-state index in [4.69, 9.17) is 9.47 Å². The van der Waals surface area contributed by atoms with Gasteiger partial charge in [0.05, 0.1) is 14.2 Å². The van der Waals surface area contributed by atoms with Gasteiger partial charge >= 0.3 is 0 Å². The monoisotopic (exact) mass is 363 g/mol. The third kappa shape index (κ3) is 4.55. The smallest absolute Gasteiger partial charge is 0.255 e. The maximum absolute atomic E-state index is 12.6. The van der Waals surface area contributed by atoms with Crippen molar-refractivity contribution in [2.45, 2.75) is 6.92 Å². The highest BCUT2D eigenvalue weighted by Gasteiger charge is 2.10. The molecule has 0 saturated carbocycles. The maximum atomic E-state index is 12.6. The molecule has 6 heteroatoms. The number of nitrogens with one attached hydrogen (secondary N) is 2. The molecule has 0 aliphatic heterocycles. The van der Waals surface area contributed by atoms with Crippen LogP contribution in [0.25, 0.3) is 0 Å². The number of carbonyl (C=O) groups is 1. The summed E-state index contributed by atoms with van der Waals surface area (Å²) >= 11 is 0. The van der Waals surface area contributed by atoms with Crippen LogP contribution < -0.4 is 20.1 Å². The lowest BCUT2D eigenvalue weighted by Gasteiger charge is -2.11. The van der Waals surface area contributed by atoms with E-state index in [1.54, 1.807) is 50.7 Å². The number of aromatic nitrogens is 1. The summed E-state index contributed by atoms with van der Waals surface area (Å²) in [7, 11) is 3.12. The van der Waals surface area contributed by atoms with Crippen LogP contribution in [0.15, 0.2) is 60.8 Å². The molecular formula is C21H21N3O3. The number of methoxy groups -OCH3 is 2. The Bertz CT molecular complexity index is 940. The van der Waals surface area contributed by atoms with E-state index in [0.717, 1.165) is 5.69 Å². The zero-order valence-corrected chi connectivity index (χ0v) is 15.4. The second-order valence-corrected chi connectivity index (χ2v) is 5.94. The van der Waals surface area contributed by atoms with E-state index in [2.05, 4.69) is 15.6 Å². The van der Waals surface area contributed by atoms with Gasteiger partial charge in [-0.15, -0.1) is 0 Å². The summed E-state index contributed by atoms with van der Waals surface area (Å²) in [4.78, 5) is 16.8. The standard InChI is InChI=1S/C21H21N3O3/c1-14-4-6-16(7-5-14)23-20-12-15(10-11-22-20)21(25)24-17-8-9-18(26-2)19(13-17)27-3/h4-13H,1-3H3,(H,22,23)(H,24,25). The van der Waals surface area contributed by atoms with Crippen LogP contribution in [0.1, 0.15) is 15.9 Å².